The third-order valence-corrected chi connectivity index (χ3v) is 4.35. The topological polar surface area (TPSA) is 24.5 Å². The van der Waals surface area contributed by atoms with E-state index in [0.717, 1.165) is 43.7 Å². The number of para-hydroxylation sites is 1. The number of ether oxygens (including phenoxy) is 1. The van der Waals surface area contributed by atoms with E-state index < -0.39 is 0 Å². The van der Waals surface area contributed by atoms with Crippen molar-refractivity contribution in [1.29, 1.82) is 0 Å². The molecule has 3 unspecified atom stereocenters. The van der Waals surface area contributed by atoms with Crippen molar-refractivity contribution in [2.45, 2.75) is 44.9 Å². The lowest BCUT2D eigenvalue weighted by molar-refractivity contribution is 0.0302. The van der Waals surface area contributed by atoms with Gasteiger partial charge in [0.15, 0.2) is 0 Å². The van der Waals surface area contributed by atoms with E-state index in [2.05, 4.69) is 24.1 Å². The molecule has 3 rings (SSSR count). The van der Waals surface area contributed by atoms with Gasteiger partial charge in [-0.05, 0) is 37.9 Å². The Morgan fingerprint density at radius 1 is 1.35 bits per heavy atom. The lowest BCUT2D eigenvalue weighted by Crippen LogP contribution is -2.43. The Kier molecular flexibility index (Phi) is 3.94. The molecule has 2 bridgehead atoms. The van der Waals surface area contributed by atoms with Crippen molar-refractivity contribution in [2.75, 3.05) is 24.5 Å². The average Bonchev–Trinajstić information content (AvgIpc) is 2.77. The first kappa shape index (κ1) is 13.8. The van der Waals surface area contributed by atoms with Gasteiger partial charge in [0.1, 0.15) is 5.82 Å². The van der Waals surface area contributed by atoms with E-state index in [1.54, 1.807) is 12.1 Å². The molecule has 2 fully saturated rings. The fraction of sp³-hybridized carbons (Fsp3) is 0.625. The fourth-order valence-electron chi connectivity index (χ4n) is 3.43. The molecule has 0 saturated carbocycles. The Morgan fingerprint density at radius 2 is 2.05 bits per heavy atom. The number of nitrogens with one attached hydrogen (secondary N) is 1. The van der Waals surface area contributed by atoms with Crippen molar-refractivity contribution in [3.63, 3.8) is 0 Å². The van der Waals surface area contributed by atoms with Crippen LogP contribution in [-0.2, 0) is 4.74 Å². The Bertz CT molecular complexity index is 468. The lowest BCUT2D eigenvalue weighted by atomic mass is 10.0. The molecule has 0 aliphatic carbocycles. The Morgan fingerprint density at radius 3 is 2.70 bits per heavy atom. The maximum atomic E-state index is 14.4. The molecule has 0 aromatic heterocycles. The molecule has 20 heavy (non-hydrogen) atoms. The van der Waals surface area contributed by atoms with Crippen LogP contribution in [0.3, 0.4) is 0 Å². The third kappa shape index (κ3) is 2.54. The molecule has 0 spiro atoms. The maximum Gasteiger partial charge on any atom is 0.146 e. The number of anilines is 1. The van der Waals surface area contributed by atoms with E-state index in [4.69, 9.17) is 4.74 Å². The molecular formula is C16H23FN2O. The van der Waals surface area contributed by atoms with Gasteiger partial charge in [-0.25, -0.2) is 4.39 Å². The second-order valence-electron chi connectivity index (χ2n) is 5.82. The van der Waals surface area contributed by atoms with Crippen molar-refractivity contribution in [3.05, 3.63) is 29.6 Å². The van der Waals surface area contributed by atoms with Gasteiger partial charge in [0.05, 0.1) is 17.9 Å². The van der Waals surface area contributed by atoms with Crippen LogP contribution >= 0.6 is 0 Å². The van der Waals surface area contributed by atoms with E-state index in [0.29, 0.717) is 0 Å². The van der Waals surface area contributed by atoms with Crippen LogP contribution in [0.1, 0.15) is 38.3 Å². The number of hydrogen-bond donors (Lipinski definition) is 1. The first-order chi connectivity index (χ1) is 9.69. The van der Waals surface area contributed by atoms with Gasteiger partial charge in [-0.3, -0.25) is 0 Å². The summed E-state index contributed by atoms with van der Waals surface area (Å²) in [5, 5.41) is 3.38. The Balaban J connectivity index is 1.91. The van der Waals surface area contributed by atoms with Crippen molar-refractivity contribution >= 4 is 5.69 Å². The highest BCUT2D eigenvalue weighted by Crippen LogP contribution is 2.35. The lowest BCUT2D eigenvalue weighted by Gasteiger charge is -2.36. The second kappa shape index (κ2) is 5.70. The number of morpholine rings is 1. The van der Waals surface area contributed by atoms with E-state index in [9.17, 15) is 4.39 Å². The number of rotatable bonds is 4. The van der Waals surface area contributed by atoms with E-state index in [1.807, 2.05) is 6.07 Å². The van der Waals surface area contributed by atoms with Crippen LogP contribution in [-0.4, -0.2) is 31.8 Å². The van der Waals surface area contributed by atoms with Gasteiger partial charge < -0.3 is 15.0 Å². The molecule has 1 aromatic carbocycles. The molecule has 0 amide bonds. The predicted octanol–water partition coefficient (Wildman–Crippen LogP) is 2.86. The smallest absolute Gasteiger partial charge is 0.146 e. The standard InChI is InChI=1S/C16H23FN2O/c1-3-18-11(2)14-5-4-6-15(17)16(14)19-9-12-7-8-13(10-19)20-12/h4-6,11-13,18H,3,7-10H2,1-2H3. The van der Waals surface area contributed by atoms with E-state index in [-0.39, 0.29) is 24.1 Å². The highest BCUT2D eigenvalue weighted by molar-refractivity contribution is 5.57. The van der Waals surface area contributed by atoms with Gasteiger partial charge in [-0.2, -0.15) is 0 Å². The average molecular weight is 278 g/mol. The second-order valence-corrected chi connectivity index (χ2v) is 5.82. The normalized spacial score (nSPS) is 26.9. The molecule has 3 atom stereocenters. The minimum Gasteiger partial charge on any atom is -0.371 e. The predicted molar refractivity (Wildman–Crippen MR) is 78.6 cm³/mol. The minimum atomic E-state index is -0.117. The number of halogens is 1. The Hall–Kier alpha value is -1.13. The third-order valence-electron chi connectivity index (χ3n) is 4.35. The molecule has 110 valence electrons. The number of benzene rings is 1. The van der Waals surface area contributed by atoms with Crippen LogP contribution in [0.25, 0.3) is 0 Å². The minimum absolute atomic E-state index is 0.117. The van der Waals surface area contributed by atoms with Gasteiger partial charge >= 0.3 is 0 Å². The van der Waals surface area contributed by atoms with Crippen molar-refractivity contribution in [3.8, 4) is 0 Å². The molecule has 4 heteroatoms. The molecule has 2 saturated heterocycles. The van der Waals surface area contributed by atoms with Gasteiger partial charge in [-0.15, -0.1) is 0 Å². The van der Waals surface area contributed by atoms with Crippen LogP contribution in [0, 0.1) is 5.82 Å². The molecule has 2 aliphatic heterocycles. The first-order valence-electron chi connectivity index (χ1n) is 7.61. The summed E-state index contributed by atoms with van der Waals surface area (Å²) in [6.07, 6.45) is 2.76. The number of hydrogen-bond acceptors (Lipinski definition) is 3. The van der Waals surface area contributed by atoms with Crippen molar-refractivity contribution in [2.24, 2.45) is 0 Å². The van der Waals surface area contributed by atoms with Gasteiger partial charge in [0.2, 0.25) is 0 Å². The summed E-state index contributed by atoms with van der Waals surface area (Å²) in [4.78, 5) is 2.18. The van der Waals surface area contributed by atoms with Gasteiger partial charge in [0.25, 0.3) is 0 Å². The fourth-order valence-corrected chi connectivity index (χ4v) is 3.43. The van der Waals surface area contributed by atoms with Crippen LogP contribution in [0.2, 0.25) is 0 Å². The molecule has 1 N–H and O–H groups in total. The summed E-state index contributed by atoms with van der Waals surface area (Å²) < 4.78 is 20.3. The Labute approximate surface area is 120 Å². The molecule has 2 aliphatic rings. The molecule has 0 radical (unpaired) electrons. The summed E-state index contributed by atoms with van der Waals surface area (Å²) in [6, 6.07) is 5.56. The number of nitrogens with zero attached hydrogens (tertiary/aromatic N) is 1. The van der Waals surface area contributed by atoms with Gasteiger partial charge in [-0.1, -0.05) is 19.1 Å². The summed E-state index contributed by atoms with van der Waals surface area (Å²) in [5.74, 6) is -0.117. The molecular weight excluding hydrogens is 255 g/mol. The number of fused-ring (bicyclic) bond motifs is 2. The van der Waals surface area contributed by atoms with E-state index >= 15 is 0 Å². The van der Waals surface area contributed by atoms with Crippen LogP contribution in [0.5, 0.6) is 0 Å². The van der Waals surface area contributed by atoms with Crippen molar-refractivity contribution in [1.82, 2.24) is 5.32 Å². The zero-order valence-electron chi connectivity index (χ0n) is 12.2. The summed E-state index contributed by atoms with van der Waals surface area (Å²) in [7, 11) is 0. The highest BCUT2D eigenvalue weighted by atomic mass is 19.1. The summed E-state index contributed by atoms with van der Waals surface area (Å²) >= 11 is 0. The first-order valence-corrected chi connectivity index (χ1v) is 7.61. The highest BCUT2D eigenvalue weighted by Gasteiger charge is 2.35. The summed E-state index contributed by atoms with van der Waals surface area (Å²) in [6.45, 7) is 6.67. The zero-order chi connectivity index (χ0) is 14.1. The monoisotopic (exact) mass is 278 g/mol. The van der Waals surface area contributed by atoms with Crippen LogP contribution < -0.4 is 10.2 Å². The summed E-state index contributed by atoms with van der Waals surface area (Å²) in [5.41, 5.74) is 1.81. The van der Waals surface area contributed by atoms with Gasteiger partial charge in [0, 0.05) is 19.1 Å². The maximum absolute atomic E-state index is 14.4. The quantitative estimate of drug-likeness (QED) is 0.916. The molecule has 2 heterocycles. The SMILES string of the molecule is CCNC(C)c1cccc(F)c1N1CC2CCC(C1)O2. The van der Waals surface area contributed by atoms with E-state index in [1.165, 1.54) is 0 Å². The van der Waals surface area contributed by atoms with Crippen LogP contribution in [0.4, 0.5) is 10.1 Å². The molecule has 3 nitrogen and oxygen atoms in total. The molecule has 1 aromatic rings. The van der Waals surface area contributed by atoms with Crippen molar-refractivity contribution < 1.29 is 9.13 Å². The van der Waals surface area contributed by atoms with Crippen LogP contribution in [0.15, 0.2) is 18.2 Å². The largest absolute Gasteiger partial charge is 0.371 e. The zero-order valence-corrected chi connectivity index (χ0v) is 12.2.